The molecule has 10 heavy (non-hydrogen) atoms. The molecule has 0 atom stereocenters. The van der Waals surface area contributed by atoms with Gasteiger partial charge in [-0.2, -0.15) is 6.08 Å². The minimum Gasteiger partial charge on any atom is -0.464 e. The number of hydrogen-bond donors (Lipinski definition) is 0. The summed E-state index contributed by atoms with van der Waals surface area (Å²) in [4.78, 5) is 1.75. The zero-order valence-electron chi connectivity index (χ0n) is 6.59. The third-order valence-electron chi connectivity index (χ3n) is 0.586. The second-order valence-electron chi connectivity index (χ2n) is 2.08. The van der Waals surface area contributed by atoms with Crippen LogP contribution in [0.3, 0.4) is 0 Å². The first-order valence-corrected chi connectivity index (χ1v) is 2.93. The van der Waals surface area contributed by atoms with Gasteiger partial charge in [0.1, 0.15) is 0 Å². The molecule has 0 saturated heterocycles. The van der Waals surface area contributed by atoms with Crippen molar-refractivity contribution in [3.05, 3.63) is 31.4 Å². The Hall–Kier alpha value is 0.310. The third kappa shape index (κ3) is 15.7. The summed E-state index contributed by atoms with van der Waals surface area (Å²) in [6, 6.07) is 0. The van der Waals surface area contributed by atoms with E-state index in [9.17, 15) is 0 Å². The van der Waals surface area contributed by atoms with Crippen molar-refractivity contribution in [1.29, 1.82) is 0 Å². The van der Waals surface area contributed by atoms with E-state index in [1.54, 1.807) is 4.90 Å². The molecule has 1 rings (SSSR count). The van der Waals surface area contributed by atoms with Gasteiger partial charge >= 0.3 is 0 Å². The predicted molar refractivity (Wildman–Crippen MR) is 40.6 cm³/mol. The topological polar surface area (TPSA) is 3.24 Å². The molecule has 0 aliphatic heterocycles. The van der Waals surface area contributed by atoms with E-state index in [1.807, 2.05) is 26.2 Å². The van der Waals surface area contributed by atoms with Crippen LogP contribution in [0.5, 0.6) is 0 Å². The van der Waals surface area contributed by atoms with Crippen molar-refractivity contribution in [2.45, 2.75) is 6.42 Å². The monoisotopic (exact) mass is 303 g/mol. The Kier molecular flexibility index (Phi) is 12.0. The van der Waals surface area contributed by atoms with Gasteiger partial charge in [-0.1, -0.05) is 0 Å². The van der Waals surface area contributed by atoms with Crippen LogP contribution in [0.1, 0.15) is 6.42 Å². The molecule has 0 heterocycles. The Balaban J connectivity index is 0. The molecule has 0 N–H and O–H groups in total. The van der Waals surface area contributed by atoms with Gasteiger partial charge < -0.3 is 4.90 Å². The SMILES string of the molecule is [C-]1=CC=CC1.[CH2-]N(C)C.[Hf]. The van der Waals surface area contributed by atoms with Crippen molar-refractivity contribution < 1.29 is 25.8 Å². The molecule has 0 aromatic rings. The van der Waals surface area contributed by atoms with Gasteiger partial charge in [-0.25, -0.2) is 12.2 Å². The molecular weight excluding hydrogens is 289 g/mol. The van der Waals surface area contributed by atoms with Gasteiger partial charge in [0.15, 0.2) is 0 Å². The van der Waals surface area contributed by atoms with E-state index in [2.05, 4.69) is 19.2 Å². The molecule has 0 amide bonds. The normalized spacial score (nSPS) is 12.4. The Morgan fingerprint density at radius 3 is 2.10 bits per heavy atom. The van der Waals surface area contributed by atoms with Crippen LogP contribution < -0.4 is 0 Å². The van der Waals surface area contributed by atoms with Gasteiger partial charge in [0.2, 0.25) is 0 Å². The maximum absolute atomic E-state index is 3.47. The third-order valence-corrected chi connectivity index (χ3v) is 0.586. The Bertz CT molecular complexity index is 93.1. The molecule has 2 heteroatoms. The zero-order chi connectivity index (χ0) is 7.11. The Morgan fingerprint density at radius 2 is 2.00 bits per heavy atom. The number of nitrogens with zero attached hydrogens (tertiary/aromatic N) is 1. The van der Waals surface area contributed by atoms with E-state index in [0.29, 0.717) is 0 Å². The summed E-state index contributed by atoms with van der Waals surface area (Å²) < 4.78 is 0. The molecule has 0 aromatic carbocycles. The second kappa shape index (κ2) is 9.31. The fourth-order valence-corrected chi connectivity index (χ4v) is 0.340. The van der Waals surface area contributed by atoms with Crippen LogP contribution >= 0.6 is 0 Å². The molecule has 1 nitrogen and oxygen atoms in total. The fraction of sp³-hybridized carbons (Fsp3) is 0.375. The van der Waals surface area contributed by atoms with E-state index in [0.717, 1.165) is 6.42 Å². The summed E-state index contributed by atoms with van der Waals surface area (Å²) in [6.45, 7) is 0. The van der Waals surface area contributed by atoms with Gasteiger partial charge in [-0.05, 0) is 14.1 Å². The Labute approximate surface area is 82.6 Å². The van der Waals surface area contributed by atoms with Crippen molar-refractivity contribution in [3.8, 4) is 0 Å². The smallest absolute Gasteiger partial charge is 0 e. The molecule has 56 valence electrons. The summed E-state index contributed by atoms with van der Waals surface area (Å²) in [5.41, 5.74) is 0. The van der Waals surface area contributed by atoms with Gasteiger partial charge in [0.25, 0.3) is 0 Å². The van der Waals surface area contributed by atoms with Crippen LogP contribution in [0.2, 0.25) is 0 Å². The summed E-state index contributed by atoms with van der Waals surface area (Å²) in [5.74, 6) is 0. The first kappa shape index (κ1) is 12.9. The number of rotatable bonds is 0. The molecule has 0 unspecified atom stereocenters. The molecule has 0 saturated carbocycles. The molecule has 0 fully saturated rings. The quantitative estimate of drug-likeness (QED) is 0.486. The first-order chi connectivity index (χ1) is 4.23. The van der Waals surface area contributed by atoms with Crippen molar-refractivity contribution >= 4 is 0 Å². The molecule has 1 aliphatic carbocycles. The van der Waals surface area contributed by atoms with Gasteiger partial charge in [0, 0.05) is 25.8 Å². The Morgan fingerprint density at radius 1 is 1.50 bits per heavy atom. The first-order valence-electron chi connectivity index (χ1n) is 2.93. The van der Waals surface area contributed by atoms with Gasteiger partial charge in [-0.3, -0.25) is 13.1 Å². The van der Waals surface area contributed by atoms with Crippen LogP contribution in [0.15, 0.2) is 18.2 Å². The van der Waals surface area contributed by atoms with E-state index >= 15 is 0 Å². The molecular formula is C8H13HfN-2. The zero-order valence-corrected chi connectivity index (χ0v) is 10.2. The van der Waals surface area contributed by atoms with Crippen molar-refractivity contribution in [1.82, 2.24) is 4.90 Å². The maximum Gasteiger partial charge on any atom is 0 e. The van der Waals surface area contributed by atoms with Gasteiger partial charge in [0.05, 0.1) is 0 Å². The van der Waals surface area contributed by atoms with Crippen molar-refractivity contribution in [2.75, 3.05) is 14.1 Å². The molecule has 0 aromatic heterocycles. The van der Waals surface area contributed by atoms with E-state index < -0.39 is 0 Å². The van der Waals surface area contributed by atoms with Crippen molar-refractivity contribution in [2.24, 2.45) is 0 Å². The summed E-state index contributed by atoms with van der Waals surface area (Å²) in [5, 5.41) is 0. The fourth-order valence-electron chi connectivity index (χ4n) is 0.340. The largest absolute Gasteiger partial charge is 0.464 e. The van der Waals surface area contributed by atoms with Crippen LogP contribution in [0, 0.1) is 13.1 Å². The van der Waals surface area contributed by atoms with Crippen LogP contribution in [0.4, 0.5) is 0 Å². The van der Waals surface area contributed by atoms with Crippen molar-refractivity contribution in [3.63, 3.8) is 0 Å². The maximum atomic E-state index is 3.47. The molecule has 0 radical (unpaired) electrons. The molecule has 0 spiro atoms. The molecule has 1 aliphatic rings. The number of hydrogen-bond acceptors (Lipinski definition) is 1. The minimum absolute atomic E-state index is 0. The number of allylic oxidation sites excluding steroid dienone is 4. The summed E-state index contributed by atoms with van der Waals surface area (Å²) >= 11 is 0. The van der Waals surface area contributed by atoms with E-state index in [1.165, 1.54) is 0 Å². The van der Waals surface area contributed by atoms with E-state index in [-0.39, 0.29) is 25.8 Å². The van der Waals surface area contributed by atoms with Gasteiger partial charge in [-0.15, -0.1) is 6.42 Å². The van der Waals surface area contributed by atoms with Crippen LogP contribution in [-0.4, -0.2) is 19.0 Å². The average Bonchev–Trinajstić information content (AvgIpc) is 2.11. The summed E-state index contributed by atoms with van der Waals surface area (Å²) in [6.07, 6.45) is 10.0. The van der Waals surface area contributed by atoms with Crippen LogP contribution in [-0.2, 0) is 25.8 Å². The average molecular weight is 302 g/mol. The predicted octanol–water partition coefficient (Wildman–Crippen LogP) is 1.64. The second-order valence-corrected chi connectivity index (χ2v) is 2.08. The summed E-state index contributed by atoms with van der Waals surface area (Å²) in [7, 11) is 7.25. The van der Waals surface area contributed by atoms with E-state index in [4.69, 9.17) is 0 Å². The minimum atomic E-state index is 0. The standard InChI is InChI=1S/C5H5.C3H8N.Hf/c1-2-4-5-3-1;1-4(2)3;/h1-3H,4H2;1H2,2-3H3;/q2*-1;. The van der Waals surface area contributed by atoms with Crippen LogP contribution in [0.25, 0.3) is 0 Å². The molecule has 0 bridgehead atoms.